The molecular weight excluding hydrogens is 394 g/mol. The summed E-state index contributed by atoms with van der Waals surface area (Å²) in [7, 11) is 3.06. The Balaban J connectivity index is 0.00000420. The molecule has 0 atom stereocenters. The Morgan fingerprint density at radius 1 is 1.10 bits per heavy atom. The Morgan fingerprint density at radius 2 is 1.69 bits per heavy atom. The summed E-state index contributed by atoms with van der Waals surface area (Å²) >= 11 is 0. The van der Waals surface area contributed by atoms with Crippen molar-refractivity contribution in [3.8, 4) is 23.3 Å². The molecule has 0 unspecified atom stereocenters. The van der Waals surface area contributed by atoms with Crippen LogP contribution in [0.4, 0.5) is 5.69 Å². The maximum absolute atomic E-state index is 11.7. The van der Waals surface area contributed by atoms with Crippen LogP contribution < -0.4 is 25.1 Å². The van der Waals surface area contributed by atoms with Gasteiger partial charge in [0, 0.05) is 13.0 Å². The van der Waals surface area contributed by atoms with Gasteiger partial charge in [-0.3, -0.25) is 4.79 Å². The molecule has 0 aromatic heterocycles. The Labute approximate surface area is 176 Å². The number of carbonyl (C=O) groups excluding carboxylic acids is 1. The average molecular weight is 418 g/mol. The van der Waals surface area contributed by atoms with Crippen LogP contribution in [0.15, 0.2) is 42.5 Å². The van der Waals surface area contributed by atoms with E-state index in [1.807, 2.05) is 13.0 Å². The summed E-state index contributed by atoms with van der Waals surface area (Å²) in [6.45, 7) is 3.71. The molecule has 2 aromatic rings. The highest BCUT2D eigenvalue weighted by Gasteiger charge is 2.16. The van der Waals surface area contributed by atoms with Gasteiger partial charge in [0.25, 0.3) is 0 Å². The lowest BCUT2D eigenvalue weighted by Crippen LogP contribution is -2.35. The van der Waals surface area contributed by atoms with Gasteiger partial charge in [0.1, 0.15) is 11.4 Å². The summed E-state index contributed by atoms with van der Waals surface area (Å²) in [5.74, 6) is 7.16. The number of carbonyl (C=O) groups is 1. The molecule has 2 N–H and O–H groups in total. The monoisotopic (exact) mass is 417 g/mol. The Kier molecular flexibility index (Phi) is 9.00. The molecule has 0 heterocycles. The van der Waals surface area contributed by atoms with E-state index in [9.17, 15) is 10.1 Å². The molecule has 154 valence electrons. The van der Waals surface area contributed by atoms with E-state index in [0.717, 1.165) is 10.6 Å². The maximum Gasteiger partial charge on any atom is 0.238 e. The maximum atomic E-state index is 11.7. The fraction of sp³-hybridized carbons (Fsp3) is 0.238. The normalized spacial score (nSPS) is 10.4. The van der Waals surface area contributed by atoms with Gasteiger partial charge in [0.2, 0.25) is 5.91 Å². The third-order valence-corrected chi connectivity index (χ3v) is 4.07. The van der Waals surface area contributed by atoms with E-state index < -0.39 is 0 Å². The van der Waals surface area contributed by atoms with E-state index in [1.165, 1.54) is 20.1 Å². The van der Waals surface area contributed by atoms with E-state index in [-0.39, 0.29) is 18.3 Å². The molecule has 0 radical (unpaired) electrons. The zero-order chi connectivity index (χ0) is 20.7. The smallest absolute Gasteiger partial charge is 0.238 e. The number of allylic oxidation sites excluding steroid dienone is 1. The van der Waals surface area contributed by atoms with Gasteiger partial charge in [-0.1, -0.05) is 12.1 Å². The standard InChI is InChI=1S/C21H23N3O4.ClH/c1-5-28-21-13-16(7-9-20(21)27-4)17(10-11-22)15-6-8-19(26-3)18(12-15)24(23)14(2)25;/h6-10,12-13H,5,23H2,1-4H3;1H. The van der Waals surface area contributed by atoms with Crippen molar-refractivity contribution in [2.24, 2.45) is 5.84 Å². The highest BCUT2D eigenvalue weighted by atomic mass is 35.5. The molecule has 7 nitrogen and oxygen atoms in total. The van der Waals surface area contributed by atoms with Crippen LogP contribution in [-0.4, -0.2) is 26.7 Å². The van der Waals surface area contributed by atoms with Crippen molar-refractivity contribution in [2.45, 2.75) is 13.8 Å². The molecule has 0 bridgehead atoms. The molecule has 0 saturated heterocycles. The van der Waals surface area contributed by atoms with Gasteiger partial charge in [-0.2, -0.15) is 5.26 Å². The minimum absolute atomic E-state index is 0. The third-order valence-electron chi connectivity index (χ3n) is 4.07. The lowest BCUT2D eigenvalue weighted by Gasteiger charge is -2.19. The van der Waals surface area contributed by atoms with Crippen LogP contribution in [0.25, 0.3) is 5.57 Å². The fourth-order valence-corrected chi connectivity index (χ4v) is 2.73. The molecule has 0 spiro atoms. The first-order valence-electron chi connectivity index (χ1n) is 8.61. The fourth-order valence-electron chi connectivity index (χ4n) is 2.73. The second-order valence-corrected chi connectivity index (χ2v) is 5.76. The second-order valence-electron chi connectivity index (χ2n) is 5.76. The summed E-state index contributed by atoms with van der Waals surface area (Å²) in [6.07, 6.45) is 1.43. The summed E-state index contributed by atoms with van der Waals surface area (Å²) in [5.41, 5.74) is 2.50. The van der Waals surface area contributed by atoms with Crippen LogP contribution in [0.5, 0.6) is 17.2 Å². The highest BCUT2D eigenvalue weighted by molar-refractivity contribution is 5.93. The SMILES string of the molecule is CCOc1cc(C(=CC#N)c2ccc(OC)c(N(N)C(C)=O)c2)ccc1OC.Cl. The van der Waals surface area contributed by atoms with Crippen molar-refractivity contribution in [3.05, 3.63) is 53.6 Å². The number of hydrogen-bond acceptors (Lipinski definition) is 6. The number of nitrogens with two attached hydrogens (primary N) is 1. The van der Waals surface area contributed by atoms with Crippen LogP contribution in [-0.2, 0) is 4.79 Å². The number of benzene rings is 2. The summed E-state index contributed by atoms with van der Waals surface area (Å²) in [5, 5.41) is 10.3. The molecule has 0 aliphatic carbocycles. The van der Waals surface area contributed by atoms with Crippen LogP contribution in [0, 0.1) is 11.3 Å². The van der Waals surface area contributed by atoms with Crippen molar-refractivity contribution in [2.75, 3.05) is 25.8 Å². The van der Waals surface area contributed by atoms with Crippen molar-refractivity contribution < 1.29 is 19.0 Å². The minimum Gasteiger partial charge on any atom is -0.495 e. The second kappa shape index (κ2) is 11.0. The summed E-state index contributed by atoms with van der Waals surface area (Å²) < 4.78 is 16.3. The summed E-state index contributed by atoms with van der Waals surface area (Å²) in [6, 6.07) is 12.7. The Hall–Kier alpha value is -3.21. The molecular formula is C21H24ClN3O4. The van der Waals surface area contributed by atoms with E-state index in [4.69, 9.17) is 20.1 Å². The van der Waals surface area contributed by atoms with Gasteiger partial charge in [-0.25, -0.2) is 10.9 Å². The number of methoxy groups -OCH3 is 2. The van der Waals surface area contributed by atoms with Crippen LogP contribution in [0.3, 0.4) is 0 Å². The van der Waals surface area contributed by atoms with Crippen molar-refractivity contribution in [1.29, 1.82) is 5.26 Å². The van der Waals surface area contributed by atoms with Crippen LogP contribution in [0.1, 0.15) is 25.0 Å². The molecule has 29 heavy (non-hydrogen) atoms. The van der Waals surface area contributed by atoms with Gasteiger partial charge in [-0.05, 0) is 47.9 Å². The van der Waals surface area contributed by atoms with Crippen molar-refractivity contribution in [1.82, 2.24) is 0 Å². The molecule has 0 aliphatic heterocycles. The van der Waals surface area contributed by atoms with Crippen LogP contribution in [0.2, 0.25) is 0 Å². The van der Waals surface area contributed by atoms with Crippen molar-refractivity contribution in [3.63, 3.8) is 0 Å². The molecule has 0 aliphatic rings. The molecule has 0 saturated carbocycles. The number of halogens is 1. The van der Waals surface area contributed by atoms with Crippen molar-refractivity contribution >= 4 is 29.6 Å². The van der Waals surface area contributed by atoms with E-state index in [1.54, 1.807) is 37.4 Å². The van der Waals surface area contributed by atoms with Gasteiger partial charge in [-0.15, -0.1) is 12.4 Å². The molecule has 8 heteroatoms. The quantitative estimate of drug-likeness (QED) is 0.319. The van der Waals surface area contributed by atoms with Gasteiger partial charge >= 0.3 is 0 Å². The Morgan fingerprint density at radius 3 is 2.21 bits per heavy atom. The number of rotatable bonds is 7. The van der Waals surface area contributed by atoms with Gasteiger partial charge in [0.15, 0.2) is 11.5 Å². The number of hydrazine groups is 1. The van der Waals surface area contributed by atoms with Gasteiger partial charge in [0.05, 0.1) is 26.9 Å². The topological polar surface area (TPSA) is 97.8 Å². The molecule has 0 fully saturated rings. The zero-order valence-electron chi connectivity index (χ0n) is 16.8. The predicted octanol–water partition coefficient (Wildman–Crippen LogP) is 3.71. The lowest BCUT2D eigenvalue weighted by molar-refractivity contribution is -0.116. The van der Waals surface area contributed by atoms with E-state index in [2.05, 4.69) is 6.07 Å². The van der Waals surface area contributed by atoms with Gasteiger partial charge < -0.3 is 14.2 Å². The zero-order valence-corrected chi connectivity index (χ0v) is 17.6. The number of hydrogen-bond donors (Lipinski definition) is 1. The largest absolute Gasteiger partial charge is 0.495 e. The highest BCUT2D eigenvalue weighted by Crippen LogP contribution is 2.36. The van der Waals surface area contributed by atoms with Crippen LogP contribution >= 0.6 is 12.4 Å². The molecule has 2 rings (SSSR count). The summed E-state index contributed by atoms with van der Waals surface area (Å²) in [4.78, 5) is 11.7. The molecule has 1 amide bonds. The Bertz CT molecular complexity index is 938. The van der Waals surface area contributed by atoms with E-state index in [0.29, 0.717) is 40.7 Å². The number of nitriles is 1. The molecule has 2 aromatic carbocycles. The predicted molar refractivity (Wildman–Crippen MR) is 114 cm³/mol. The number of amides is 1. The average Bonchev–Trinajstić information content (AvgIpc) is 2.71. The van der Waals surface area contributed by atoms with E-state index >= 15 is 0 Å². The first-order valence-corrected chi connectivity index (χ1v) is 8.61. The first kappa shape index (κ1) is 23.8. The number of anilines is 1. The lowest BCUT2D eigenvalue weighted by atomic mass is 9.96. The number of nitrogens with zero attached hydrogens (tertiary/aromatic N) is 2. The minimum atomic E-state index is -0.343. The third kappa shape index (κ3) is 5.41. The number of ether oxygens (including phenoxy) is 3. The first-order chi connectivity index (χ1) is 13.5.